The lowest BCUT2D eigenvalue weighted by Gasteiger charge is -2.40. The van der Waals surface area contributed by atoms with Crippen molar-refractivity contribution in [1.82, 2.24) is 0 Å². The lowest BCUT2D eigenvalue weighted by atomic mass is 9.99. The van der Waals surface area contributed by atoms with Crippen LogP contribution in [0.1, 0.15) is 27.7 Å². The van der Waals surface area contributed by atoms with Crippen LogP contribution in [0.25, 0.3) is 0 Å². The Morgan fingerprint density at radius 3 is 2.05 bits per heavy atom. The molecule has 0 aromatic carbocycles. The van der Waals surface area contributed by atoms with Gasteiger partial charge in [-0.2, -0.15) is 0 Å². The van der Waals surface area contributed by atoms with E-state index in [9.17, 15) is 24.9 Å². The molecule has 8 nitrogen and oxygen atoms in total. The van der Waals surface area contributed by atoms with Gasteiger partial charge in [-0.15, -0.1) is 0 Å². The van der Waals surface area contributed by atoms with E-state index in [1.54, 1.807) is 27.7 Å². The van der Waals surface area contributed by atoms with Gasteiger partial charge in [0.05, 0.1) is 11.8 Å². The molecule has 22 heavy (non-hydrogen) atoms. The summed E-state index contributed by atoms with van der Waals surface area (Å²) in [4.78, 5) is 23.0. The van der Waals surface area contributed by atoms with Crippen LogP contribution in [0.15, 0.2) is 0 Å². The second kappa shape index (κ2) is 7.87. The van der Waals surface area contributed by atoms with Gasteiger partial charge in [-0.05, 0) is 0 Å². The zero-order valence-electron chi connectivity index (χ0n) is 13.1. The van der Waals surface area contributed by atoms with Crippen LogP contribution in [0.3, 0.4) is 0 Å². The fourth-order valence-electron chi connectivity index (χ4n) is 1.79. The summed E-state index contributed by atoms with van der Waals surface area (Å²) in [5, 5.41) is 29.6. The van der Waals surface area contributed by atoms with E-state index in [0.29, 0.717) is 0 Å². The Balaban J connectivity index is 2.72. The highest BCUT2D eigenvalue weighted by atomic mass is 16.7. The third kappa shape index (κ3) is 4.64. The highest BCUT2D eigenvalue weighted by Crippen LogP contribution is 2.24. The first kappa shape index (κ1) is 18.8. The maximum absolute atomic E-state index is 11.6. The van der Waals surface area contributed by atoms with E-state index in [2.05, 4.69) is 0 Å². The Hall–Kier alpha value is -1.22. The molecule has 1 fully saturated rings. The Morgan fingerprint density at radius 2 is 1.55 bits per heavy atom. The van der Waals surface area contributed by atoms with Crippen molar-refractivity contribution in [2.45, 2.75) is 58.4 Å². The van der Waals surface area contributed by atoms with Crippen molar-refractivity contribution in [3.8, 4) is 0 Å². The maximum Gasteiger partial charge on any atom is 0.308 e. The van der Waals surface area contributed by atoms with Crippen molar-refractivity contribution in [3.63, 3.8) is 0 Å². The van der Waals surface area contributed by atoms with Crippen LogP contribution >= 0.6 is 0 Å². The molecule has 8 heteroatoms. The first-order valence-corrected chi connectivity index (χ1v) is 7.22. The molecule has 1 aliphatic heterocycles. The summed E-state index contributed by atoms with van der Waals surface area (Å²) < 4.78 is 15.0. The second-order valence-corrected chi connectivity index (χ2v) is 5.89. The van der Waals surface area contributed by atoms with Crippen LogP contribution in [0.4, 0.5) is 0 Å². The van der Waals surface area contributed by atoms with Crippen LogP contribution in [0.2, 0.25) is 0 Å². The molecule has 0 aromatic rings. The van der Waals surface area contributed by atoms with Crippen molar-refractivity contribution in [2.24, 2.45) is 11.8 Å². The smallest absolute Gasteiger partial charge is 0.308 e. The van der Waals surface area contributed by atoms with Crippen molar-refractivity contribution in [3.05, 3.63) is 0 Å². The normalized spacial score (nSPS) is 32.1. The van der Waals surface area contributed by atoms with E-state index >= 15 is 0 Å². The highest BCUT2D eigenvalue weighted by Gasteiger charge is 2.46. The fraction of sp³-hybridized carbons (Fsp3) is 0.857. The summed E-state index contributed by atoms with van der Waals surface area (Å²) in [6.07, 6.45) is -7.14. The number of esters is 2. The molecule has 3 N–H and O–H groups in total. The molecule has 0 aromatic heterocycles. The molecule has 0 radical (unpaired) electrons. The van der Waals surface area contributed by atoms with E-state index in [1.165, 1.54) is 0 Å². The Bertz CT molecular complexity index is 394. The number of carbonyl (C=O) groups is 2. The predicted octanol–water partition coefficient (Wildman–Crippen LogP) is -0.808. The van der Waals surface area contributed by atoms with Gasteiger partial charge in [0.1, 0.15) is 24.9 Å². The van der Waals surface area contributed by atoms with E-state index in [4.69, 9.17) is 14.2 Å². The lowest BCUT2D eigenvalue weighted by molar-refractivity contribution is -0.291. The van der Waals surface area contributed by atoms with Crippen LogP contribution in [0, 0.1) is 11.8 Å². The quantitative estimate of drug-likeness (QED) is 0.562. The minimum atomic E-state index is -1.66. The number of aliphatic hydroxyl groups is 3. The Kier molecular flexibility index (Phi) is 6.73. The molecule has 0 amide bonds. The first-order valence-electron chi connectivity index (χ1n) is 7.22. The topological polar surface area (TPSA) is 123 Å². The van der Waals surface area contributed by atoms with Crippen LogP contribution < -0.4 is 0 Å². The summed E-state index contributed by atoms with van der Waals surface area (Å²) >= 11 is 0. The third-order valence-corrected chi connectivity index (χ3v) is 3.25. The van der Waals surface area contributed by atoms with E-state index in [-0.39, 0.29) is 12.5 Å². The lowest BCUT2D eigenvalue weighted by Crippen LogP contribution is -2.60. The standard InChI is InChI=1S/C14H24O8/c1-6(2)12(17)20-5-8-9(15)11(10(16)14(19)21-8)22-13(18)7(3)4/h6-11,14-16,19H,5H2,1-4H3/t8-,9-,10-,11+,14-/m1/s1. The molecule has 1 rings (SSSR count). The largest absolute Gasteiger partial charge is 0.463 e. The summed E-state index contributed by atoms with van der Waals surface area (Å²) in [5.74, 6) is -1.94. The van der Waals surface area contributed by atoms with Gasteiger partial charge in [0.2, 0.25) is 0 Å². The molecular formula is C14H24O8. The molecule has 0 spiro atoms. The molecule has 0 saturated carbocycles. The summed E-state index contributed by atoms with van der Waals surface area (Å²) in [7, 11) is 0. The minimum absolute atomic E-state index is 0.322. The number of rotatable bonds is 5. The maximum atomic E-state index is 11.6. The zero-order valence-corrected chi connectivity index (χ0v) is 13.1. The van der Waals surface area contributed by atoms with Crippen molar-refractivity contribution in [2.75, 3.05) is 6.61 Å². The van der Waals surface area contributed by atoms with Gasteiger partial charge in [0.25, 0.3) is 0 Å². The first-order chi connectivity index (χ1) is 10.1. The van der Waals surface area contributed by atoms with Gasteiger partial charge in [-0.1, -0.05) is 27.7 Å². The molecule has 128 valence electrons. The summed E-state index contributed by atoms with van der Waals surface area (Å²) in [5.41, 5.74) is 0. The monoisotopic (exact) mass is 320 g/mol. The fourth-order valence-corrected chi connectivity index (χ4v) is 1.79. The van der Waals surface area contributed by atoms with Crippen molar-refractivity contribution >= 4 is 11.9 Å². The molecule has 0 aliphatic carbocycles. The second-order valence-electron chi connectivity index (χ2n) is 5.89. The zero-order chi connectivity index (χ0) is 17.0. The van der Waals surface area contributed by atoms with Crippen molar-refractivity contribution < 1.29 is 39.1 Å². The number of hydrogen-bond donors (Lipinski definition) is 3. The number of hydrogen-bond acceptors (Lipinski definition) is 8. The van der Waals surface area contributed by atoms with Gasteiger partial charge >= 0.3 is 11.9 Å². The average molecular weight is 320 g/mol. The van der Waals surface area contributed by atoms with Crippen LogP contribution in [-0.2, 0) is 23.8 Å². The predicted molar refractivity (Wildman–Crippen MR) is 73.4 cm³/mol. The van der Waals surface area contributed by atoms with Gasteiger partial charge in [0.15, 0.2) is 12.4 Å². The molecule has 0 bridgehead atoms. The molecule has 1 saturated heterocycles. The van der Waals surface area contributed by atoms with Crippen LogP contribution in [0.5, 0.6) is 0 Å². The summed E-state index contributed by atoms with van der Waals surface area (Å²) in [6.45, 7) is 6.16. The number of carbonyl (C=O) groups excluding carboxylic acids is 2. The summed E-state index contributed by atoms with van der Waals surface area (Å²) in [6, 6.07) is 0. The minimum Gasteiger partial charge on any atom is -0.463 e. The van der Waals surface area contributed by atoms with Gasteiger partial charge in [-0.25, -0.2) is 0 Å². The highest BCUT2D eigenvalue weighted by molar-refractivity contribution is 5.72. The van der Waals surface area contributed by atoms with E-state index in [0.717, 1.165) is 0 Å². The third-order valence-electron chi connectivity index (χ3n) is 3.25. The molecule has 1 aliphatic rings. The number of aliphatic hydroxyl groups excluding tert-OH is 3. The van der Waals surface area contributed by atoms with Gasteiger partial charge in [-0.3, -0.25) is 9.59 Å². The Morgan fingerprint density at radius 1 is 1.00 bits per heavy atom. The Labute approximate surface area is 129 Å². The molecule has 5 atom stereocenters. The molecular weight excluding hydrogens is 296 g/mol. The number of ether oxygens (including phenoxy) is 3. The average Bonchev–Trinajstić information content (AvgIpc) is 2.44. The van der Waals surface area contributed by atoms with Gasteiger partial charge in [0, 0.05) is 0 Å². The van der Waals surface area contributed by atoms with E-state index in [1.807, 2.05) is 0 Å². The SMILES string of the molecule is CC(C)C(=O)OC[C@H]1O[C@@H](O)[C@H](O)[C@@H](OC(=O)C(C)C)[C@@H]1O. The van der Waals surface area contributed by atoms with Gasteiger partial charge < -0.3 is 29.5 Å². The molecule has 0 unspecified atom stereocenters. The van der Waals surface area contributed by atoms with E-state index < -0.39 is 48.6 Å². The van der Waals surface area contributed by atoms with Crippen LogP contribution in [-0.4, -0.2) is 64.6 Å². The van der Waals surface area contributed by atoms with Crippen molar-refractivity contribution in [1.29, 1.82) is 0 Å². The molecule has 1 heterocycles.